The summed E-state index contributed by atoms with van der Waals surface area (Å²) in [7, 11) is 0. The van der Waals surface area contributed by atoms with Crippen molar-refractivity contribution >= 4 is 23.3 Å². The summed E-state index contributed by atoms with van der Waals surface area (Å²) >= 11 is 1.54. The first-order chi connectivity index (χ1) is 8.80. The molecule has 104 valence electrons. The summed E-state index contributed by atoms with van der Waals surface area (Å²) in [6.07, 6.45) is 0.652. The number of cyclic esters (lactones) is 2. The van der Waals surface area contributed by atoms with E-state index in [-0.39, 0.29) is 0 Å². The zero-order valence-electron chi connectivity index (χ0n) is 11.6. The van der Waals surface area contributed by atoms with Crippen LogP contribution < -0.4 is 0 Å². The SMILES string of the molecule is CC[C@@](C)(c1ccsc1)C1C(=O)OC(C)(C)OC1=O. The van der Waals surface area contributed by atoms with Crippen molar-refractivity contribution in [1.82, 2.24) is 0 Å². The van der Waals surface area contributed by atoms with Crippen molar-refractivity contribution in [3.05, 3.63) is 22.4 Å². The fourth-order valence-corrected chi connectivity index (χ4v) is 3.20. The van der Waals surface area contributed by atoms with E-state index in [2.05, 4.69) is 0 Å². The lowest BCUT2D eigenvalue weighted by Gasteiger charge is -2.40. The van der Waals surface area contributed by atoms with Gasteiger partial charge >= 0.3 is 11.9 Å². The molecule has 0 unspecified atom stereocenters. The molecule has 19 heavy (non-hydrogen) atoms. The number of carbonyl (C=O) groups excluding carboxylic acids is 2. The average molecular weight is 282 g/mol. The molecule has 5 heteroatoms. The molecule has 2 heterocycles. The van der Waals surface area contributed by atoms with Gasteiger partial charge in [-0.1, -0.05) is 13.8 Å². The van der Waals surface area contributed by atoms with Crippen molar-refractivity contribution in [3.63, 3.8) is 0 Å². The fraction of sp³-hybridized carbons (Fsp3) is 0.571. The normalized spacial score (nSPS) is 22.5. The van der Waals surface area contributed by atoms with E-state index in [1.54, 1.807) is 25.2 Å². The van der Waals surface area contributed by atoms with Crippen molar-refractivity contribution < 1.29 is 19.1 Å². The molecule has 0 aliphatic carbocycles. The molecule has 4 nitrogen and oxygen atoms in total. The van der Waals surface area contributed by atoms with Gasteiger partial charge in [0.1, 0.15) is 0 Å². The molecule has 0 saturated carbocycles. The number of hydrogen-bond donors (Lipinski definition) is 0. The molecule has 1 atom stereocenters. The van der Waals surface area contributed by atoms with E-state index >= 15 is 0 Å². The first-order valence-electron chi connectivity index (χ1n) is 6.28. The minimum absolute atomic E-state index is 0.503. The monoisotopic (exact) mass is 282 g/mol. The van der Waals surface area contributed by atoms with E-state index in [1.165, 1.54) is 0 Å². The van der Waals surface area contributed by atoms with E-state index in [4.69, 9.17) is 9.47 Å². The number of thiophene rings is 1. The highest BCUT2D eigenvalue weighted by Gasteiger charge is 2.52. The van der Waals surface area contributed by atoms with Crippen LogP contribution in [0.25, 0.3) is 0 Å². The third-order valence-electron chi connectivity index (χ3n) is 3.72. The maximum atomic E-state index is 12.2. The molecule has 1 aliphatic heterocycles. The maximum absolute atomic E-state index is 12.2. The Labute approximate surface area is 116 Å². The van der Waals surface area contributed by atoms with Gasteiger partial charge in [0.25, 0.3) is 5.79 Å². The van der Waals surface area contributed by atoms with Crippen LogP contribution in [0.1, 0.15) is 39.7 Å². The number of carbonyl (C=O) groups is 2. The Morgan fingerprint density at radius 3 is 2.32 bits per heavy atom. The first kappa shape index (κ1) is 14.1. The second-order valence-electron chi connectivity index (χ2n) is 5.46. The Morgan fingerprint density at radius 2 is 1.89 bits per heavy atom. The Kier molecular flexibility index (Phi) is 3.43. The molecule has 1 fully saturated rings. The second kappa shape index (κ2) is 4.63. The van der Waals surface area contributed by atoms with Gasteiger partial charge in [-0.3, -0.25) is 9.59 Å². The predicted octanol–water partition coefficient (Wildman–Crippen LogP) is 2.87. The zero-order valence-corrected chi connectivity index (χ0v) is 12.4. The number of rotatable bonds is 3. The molecule has 1 aromatic rings. The van der Waals surface area contributed by atoms with Gasteiger partial charge < -0.3 is 9.47 Å². The van der Waals surface area contributed by atoms with Gasteiger partial charge in [-0.2, -0.15) is 11.3 Å². The standard InChI is InChI=1S/C14H18O4S/c1-5-14(4,9-6-7-19-8-9)10-11(15)17-13(2,3)18-12(10)16/h6-8,10H,5H2,1-4H3/t14-/m0/s1. The number of esters is 2. The van der Waals surface area contributed by atoms with Crippen LogP contribution in [0.4, 0.5) is 0 Å². The minimum atomic E-state index is -1.17. The van der Waals surface area contributed by atoms with Crippen molar-refractivity contribution in [2.24, 2.45) is 5.92 Å². The third kappa shape index (κ3) is 2.39. The molecule has 1 aromatic heterocycles. The van der Waals surface area contributed by atoms with Crippen molar-refractivity contribution in [3.8, 4) is 0 Å². The molecule has 0 spiro atoms. The molecule has 1 saturated heterocycles. The predicted molar refractivity (Wildman–Crippen MR) is 71.7 cm³/mol. The fourth-order valence-electron chi connectivity index (χ4n) is 2.40. The van der Waals surface area contributed by atoms with Crippen LogP contribution in [0, 0.1) is 5.92 Å². The topological polar surface area (TPSA) is 52.6 Å². The molecule has 0 N–H and O–H groups in total. The van der Waals surface area contributed by atoms with Crippen LogP contribution in [0.5, 0.6) is 0 Å². The summed E-state index contributed by atoms with van der Waals surface area (Å²) < 4.78 is 10.4. The third-order valence-corrected chi connectivity index (χ3v) is 4.40. The van der Waals surface area contributed by atoms with E-state index < -0.39 is 29.1 Å². The summed E-state index contributed by atoms with van der Waals surface area (Å²) in [5.74, 6) is -3.08. The summed E-state index contributed by atoms with van der Waals surface area (Å²) in [6.45, 7) is 6.98. The number of hydrogen-bond acceptors (Lipinski definition) is 5. The molecular formula is C14H18O4S. The first-order valence-corrected chi connectivity index (χ1v) is 7.23. The van der Waals surface area contributed by atoms with Gasteiger partial charge in [0, 0.05) is 19.3 Å². The van der Waals surface area contributed by atoms with Gasteiger partial charge in [-0.15, -0.1) is 0 Å². The van der Waals surface area contributed by atoms with Crippen LogP contribution in [0.15, 0.2) is 16.8 Å². The maximum Gasteiger partial charge on any atom is 0.324 e. The molecule has 0 bridgehead atoms. The Balaban J connectivity index is 2.39. The van der Waals surface area contributed by atoms with Crippen LogP contribution in [-0.4, -0.2) is 17.7 Å². The molecule has 0 aromatic carbocycles. The summed E-state index contributed by atoms with van der Waals surface area (Å²) in [6, 6.07) is 1.94. The van der Waals surface area contributed by atoms with E-state index in [0.29, 0.717) is 6.42 Å². The molecule has 2 rings (SSSR count). The summed E-state index contributed by atoms with van der Waals surface area (Å²) in [4.78, 5) is 24.4. The Hall–Kier alpha value is -1.36. The van der Waals surface area contributed by atoms with Crippen LogP contribution >= 0.6 is 11.3 Å². The van der Waals surface area contributed by atoms with Gasteiger partial charge in [0.05, 0.1) is 0 Å². The van der Waals surface area contributed by atoms with Gasteiger partial charge in [0.2, 0.25) is 0 Å². The van der Waals surface area contributed by atoms with Crippen molar-refractivity contribution in [2.45, 2.75) is 45.3 Å². The van der Waals surface area contributed by atoms with Gasteiger partial charge in [-0.05, 0) is 28.8 Å². The smallest absolute Gasteiger partial charge is 0.324 e. The lowest BCUT2D eigenvalue weighted by molar-refractivity contribution is -0.243. The second-order valence-corrected chi connectivity index (χ2v) is 6.24. The molecule has 0 amide bonds. The Morgan fingerprint density at radius 1 is 1.32 bits per heavy atom. The highest BCUT2D eigenvalue weighted by atomic mass is 32.1. The van der Waals surface area contributed by atoms with E-state index in [1.807, 2.05) is 30.7 Å². The van der Waals surface area contributed by atoms with Crippen LogP contribution in [0.2, 0.25) is 0 Å². The summed E-state index contributed by atoms with van der Waals surface area (Å²) in [5.41, 5.74) is 0.378. The quantitative estimate of drug-likeness (QED) is 0.632. The zero-order chi connectivity index (χ0) is 14.3. The molecular weight excluding hydrogens is 264 g/mol. The van der Waals surface area contributed by atoms with Crippen molar-refractivity contribution in [1.29, 1.82) is 0 Å². The lowest BCUT2D eigenvalue weighted by atomic mass is 9.70. The number of ether oxygens (including phenoxy) is 2. The average Bonchev–Trinajstić information content (AvgIpc) is 2.79. The highest BCUT2D eigenvalue weighted by Crippen LogP contribution is 2.41. The molecule has 1 aliphatic rings. The van der Waals surface area contributed by atoms with Gasteiger partial charge in [-0.25, -0.2) is 0 Å². The minimum Gasteiger partial charge on any atom is -0.422 e. The van der Waals surface area contributed by atoms with E-state index in [0.717, 1.165) is 5.56 Å². The lowest BCUT2D eigenvalue weighted by Crippen LogP contribution is -2.53. The van der Waals surface area contributed by atoms with Crippen LogP contribution in [-0.2, 0) is 24.5 Å². The van der Waals surface area contributed by atoms with E-state index in [9.17, 15) is 9.59 Å². The van der Waals surface area contributed by atoms with Crippen LogP contribution in [0.3, 0.4) is 0 Å². The highest BCUT2D eigenvalue weighted by molar-refractivity contribution is 7.08. The van der Waals surface area contributed by atoms with Gasteiger partial charge in [0.15, 0.2) is 5.92 Å². The molecule has 0 radical (unpaired) electrons. The Bertz CT molecular complexity index is 472. The largest absolute Gasteiger partial charge is 0.422 e. The summed E-state index contributed by atoms with van der Waals surface area (Å²) in [5, 5.41) is 3.90. The van der Waals surface area contributed by atoms with Crippen molar-refractivity contribution in [2.75, 3.05) is 0 Å².